The fourth-order valence-electron chi connectivity index (χ4n) is 4.26. The molecule has 1 aromatic heterocycles. The van der Waals surface area contributed by atoms with Crippen LogP contribution in [0.5, 0.6) is 11.5 Å². The quantitative estimate of drug-likeness (QED) is 0.428. The Labute approximate surface area is 174 Å². The minimum Gasteiger partial charge on any atom is -0.478 e. The molecule has 5 nitrogen and oxygen atoms in total. The second-order valence-electron chi connectivity index (χ2n) is 7.69. The summed E-state index contributed by atoms with van der Waals surface area (Å²) >= 11 is 0. The van der Waals surface area contributed by atoms with Crippen LogP contribution in [-0.4, -0.2) is 20.6 Å². The van der Waals surface area contributed by atoms with E-state index >= 15 is 0 Å². The van der Waals surface area contributed by atoms with Gasteiger partial charge in [-0.25, -0.2) is 9.78 Å². The SMILES string of the molecule is O=C(O)c1ccc2c(c1)nc(-c1ccc(Oc3ccccc3)cc1)n2C1CCCC1. The number of aromatic nitrogens is 2. The van der Waals surface area contributed by atoms with Crippen LogP contribution in [0.3, 0.4) is 0 Å². The molecule has 1 heterocycles. The highest BCUT2D eigenvalue weighted by atomic mass is 16.5. The average Bonchev–Trinajstić information content (AvgIpc) is 3.42. The van der Waals surface area contributed by atoms with Crippen molar-refractivity contribution in [1.29, 1.82) is 0 Å². The molecule has 0 radical (unpaired) electrons. The Hall–Kier alpha value is -3.60. The van der Waals surface area contributed by atoms with Gasteiger partial charge in [0.1, 0.15) is 17.3 Å². The number of rotatable bonds is 5. The molecule has 5 rings (SSSR count). The van der Waals surface area contributed by atoms with E-state index in [2.05, 4.69) is 4.57 Å². The molecule has 0 amide bonds. The Morgan fingerprint density at radius 1 is 0.933 bits per heavy atom. The van der Waals surface area contributed by atoms with Gasteiger partial charge in [-0.3, -0.25) is 0 Å². The van der Waals surface area contributed by atoms with Crippen molar-refractivity contribution >= 4 is 17.0 Å². The van der Waals surface area contributed by atoms with E-state index in [9.17, 15) is 9.90 Å². The zero-order chi connectivity index (χ0) is 20.5. The molecule has 0 aliphatic heterocycles. The van der Waals surface area contributed by atoms with E-state index in [0.717, 1.165) is 46.8 Å². The molecule has 30 heavy (non-hydrogen) atoms. The molecule has 0 bridgehead atoms. The van der Waals surface area contributed by atoms with Crippen LogP contribution >= 0.6 is 0 Å². The molecule has 5 heteroatoms. The summed E-state index contributed by atoms with van der Waals surface area (Å²) < 4.78 is 8.20. The summed E-state index contributed by atoms with van der Waals surface area (Å²) in [5.74, 6) is 1.51. The number of ether oxygens (including phenoxy) is 1. The first-order chi connectivity index (χ1) is 14.7. The standard InChI is InChI=1S/C25H22N2O3/c28-25(29)18-12-15-23-22(16-18)26-24(27(23)19-6-4-5-7-19)17-10-13-21(14-11-17)30-20-8-2-1-3-9-20/h1-3,8-16,19H,4-7H2,(H,28,29). The van der Waals surface area contributed by atoms with Crippen molar-refractivity contribution in [2.24, 2.45) is 0 Å². The summed E-state index contributed by atoms with van der Waals surface area (Å²) in [6.45, 7) is 0. The smallest absolute Gasteiger partial charge is 0.335 e. The third kappa shape index (κ3) is 3.43. The van der Waals surface area contributed by atoms with Gasteiger partial charge >= 0.3 is 5.97 Å². The number of imidazole rings is 1. The number of nitrogens with zero attached hydrogens (tertiary/aromatic N) is 2. The average molecular weight is 398 g/mol. The second-order valence-corrected chi connectivity index (χ2v) is 7.69. The molecule has 0 spiro atoms. The maximum Gasteiger partial charge on any atom is 0.335 e. The molecular weight excluding hydrogens is 376 g/mol. The Bertz CT molecular complexity index is 1190. The number of carbonyl (C=O) groups is 1. The van der Waals surface area contributed by atoms with Gasteiger partial charge < -0.3 is 14.4 Å². The van der Waals surface area contributed by atoms with E-state index in [1.165, 1.54) is 12.8 Å². The number of para-hydroxylation sites is 1. The molecule has 3 aromatic carbocycles. The first-order valence-electron chi connectivity index (χ1n) is 10.3. The highest BCUT2D eigenvalue weighted by Gasteiger charge is 2.24. The lowest BCUT2D eigenvalue weighted by molar-refractivity contribution is 0.0697. The monoisotopic (exact) mass is 398 g/mol. The highest BCUT2D eigenvalue weighted by molar-refractivity contribution is 5.93. The van der Waals surface area contributed by atoms with Crippen molar-refractivity contribution in [2.45, 2.75) is 31.7 Å². The summed E-state index contributed by atoms with van der Waals surface area (Å²) in [6.07, 6.45) is 4.66. The van der Waals surface area contributed by atoms with Gasteiger partial charge in [0.2, 0.25) is 0 Å². The number of fused-ring (bicyclic) bond motifs is 1. The second kappa shape index (κ2) is 7.67. The normalized spacial score (nSPS) is 14.3. The van der Waals surface area contributed by atoms with Crippen molar-refractivity contribution in [3.05, 3.63) is 78.4 Å². The van der Waals surface area contributed by atoms with Gasteiger partial charge in [0.25, 0.3) is 0 Å². The predicted molar refractivity (Wildman–Crippen MR) is 116 cm³/mol. The van der Waals surface area contributed by atoms with E-state index in [-0.39, 0.29) is 5.56 Å². The maximum atomic E-state index is 11.4. The van der Waals surface area contributed by atoms with Gasteiger partial charge in [0.15, 0.2) is 0 Å². The minimum atomic E-state index is -0.934. The van der Waals surface area contributed by atoms with Gasteiger partial charge in [-0.2, -0.15) is 0 Å². The number of aromatic carboxylic acids is 1. The fraction of sp³-hybridized carbons (Fsp3) is 0.200. The van der Waals surface area contributed by atoms with Crippen LogP contribution in [0.25, 0.3) is 22.4 Å². The van der Waals surface area contributed by atoms with Gasteiger partial charge in [-0.1, -0.05) is 31.0 Å². The van der Waals surface area contributed by atoms with Crippen molar-refractivity contribution in [1.82, 2.24) is 9.55 Å². The Kier molecular flexibility index (Phi) is 4.71. The number of carboxylic acid groups (broad SMARTS) is 1. The van der Waals surface area contributed by atoms with Gasteiger partial charge in [-0.15, -0.1) is 0 Å². The van der Waals surface area contributed by atoms with Crippen LogP contribution in [0.1, 0.15) is 42.1 Å². The third-order valence-electron chi connectivity index (χ3n) is 5.72. The van der Waals surface area contributed by atoms with E-state index in [1.54, 1.807) is 12.1 Å². The Balaban J connectivity index is 1.55. The van der Waals surface area contributed by atoms with Gasteiger partial charge in [0, 0.05) is 11.6 Å². The predicted octanol–water partition coefficient (Wildman–Crippen LogP) is 6.31. The Morgan fingerprint density at radius 3 is 2.33 bits per heavy atom. The van der Waals surface area contributed by atoms with Crippen LogP contribution in [0.2, 0.25) is 0 Å². The highest BCUT2D eigenvalue weighted by Crippen LogP contribution is 2.37. The zero-order valence-corrected chi connectivity index (χ0v) is 16.5. The molecular formula is C25H22N2O3. The maximum absolute atomic E-state index is 11.4. The molecule has 0 unspecified atom stereocenters. The molecule has 1 saturated carbocycles. The lowest BCUT2D eigenvalue weighted by atomic mass is 10.1. The summed E-state index contributed by atoms with van der Waals surface area (Å²) in [5.41, 5.74) is 2.97. The van der Waals surface area contributed by atoms with Gasteiger partial charge in [0.05, 0.1) is 16.6 Å². The number of hydrogen-bond donors (Lipinski definition) is 1. The fourth-order valence-corrected chi connectivity index (χ4v) is 4.26. The third-order valence-corrected chi connectivity index (χ3v) is 5.72. The topological polar surface area (TPSA) is 64.3 Å². The lowest BCUT2D eigenvalue weighted by Gasteiger charge is -2.17. The first-order valence-corrected chi connectivity index (χ1v) is 10.3. The molecule has 1 aliphatic carbocycles. The molecule has 1 fully saturated rings. The van der Waals surface area contributed by atoms with Crippen LogP contribution in [0, 0.1) is 0 Å². The van der Waals surface area contributed by atoms with E-state index in [0.29, 0.717) is 6.04 Å². The molecule has 150 valence electrons. The van der Waals surface area contributed by atoms with E-state index < -0.39 is 5.97 Å². The molecule has 0 saturated heterocycles. The Morgan fingerprint density at radius 2 is 1.63 bits per heavy atom. The van der Waals surface area contributed by atoms with Crippen molar-refractivity contribution in [2.75, 3.05) is 0 Å². The van der Waals surface area contributed by atoms with Crippen LogP contribution in [0.4, 0.5) is 0 Å². The van der Waals surface area contributed by atoms with Crippen molar-refractivity contribution in [3.8, 4) is 22.9 Å². The van der Waals surface area contributed by atoms with Crippen LogP contribution in [0.15, 0.2) is 72.8 Å². The molecule has 1 aliphatic rings. The van der Waals surface area contributed by atoms with Gasteiger partial charge in [-0.05, 0) is 67.4 Å². The van der Waals surface area contributed by atoms with Crippen LogP contribution in [-0.2, 0) is 0 Å². The minimum absolute atomic E-state index is 0.261. The first kappa shape index (κ1) is 18.4. The lowest BCUT2D eigenvalue weighted by Crippen LogP contribution is -2.06. The van der Waals surface area contributed by atoms with Crippen molar-refractivity contribution < 1.29 is 14.6 Å². The van der Waals surface area contributed by atoms with E-state index in [4.69, 9.17) is 9.72 Å². The largest absolute Gasteiger partial charge is 0.478 e. The summed E-state index contributed by atoms with van der Waals surface area (Å²) in [6, 6.07) is 23.2. The number of carboxylic acids is 1. The summed E-state index contributed by atoms with van der Waals surface area (Å²) in [5, 5.41) is 9.35. The number of benzene rings is 3. The molecule has 1 N–H and O–H groups in total. The molecule has 0 atom stereocenters. The van der Waals surface area contributed by atoms with E-state index in [1.807, 2.05) is 60.7 Å². The zero-order valence-electron chi connectivity index (χ0n) is 16.5. The number of hydrogen-bond acceptors (Lipinski definition) is 3. The van der Waals surface area contributed by atoms with Crippen LogP contribution < -0.4 is 4.74 Å². The summed E-state index contributed by atoms with van der Waals surface area (Å²) in [4.78, 5) is 16.2. The summed E-state index contributed by atoms with van der Waals surface area (Å²) in [7, 11) is 0. The van der Waals surface area contributed by atoms with Crippen molar-refractivity contribution in [3.63, 3.8) is 0 Å². The molecule has 4 aromatic rings.